The molecule has 0 N–H and O–H groups in total. The van der Waals surface area contributed by atoms with Crippen molar-refractivity contribution in [3.05, 3.63) is 136 Å². The molecule has 1 aromatic heterocycles. The number of rotatable bonds is 9. The second-order valence-corrected chi connectivity index (χ2v) is 12.0. The number of anilines is 1. The molecule has 2 heterocycles. The fraction of sp³-hybridized carbons (Fsp3) is 0.125. The Morgan fingerprint density at radius 3 is 2.30 bits per heavy atom. The van der Waals surface area contributed by atoms with E-state index in [9.17, 15) is 22.4 Å². The summed E-state index contributed by atoms with van der Waals surface area (Å²) in [6.45, 7) is 1.52. The van der Waals surface area contributed by atoms with Gasteiger partial charge in [0.15, 0.2) is 0 Å². The predicted octanol–water partition coefficient (Wildman–Crippen LogP) is 6.34. The average molecular weight is 621 g/mol. The Morgan fingerprint density at radius 2 is 1.65 bits per heavy atom. The lowest BCUT2D eigenvalue weighted by Gasteiger charge is -2.21. The van der Waals surface area contributed by atoms with Gasteiger partial charge in [-0.2, -0.15) is 4.31 Å². The van der Waals surface area contributed by atoms with Gasteiger partial charge in [-0.1, -0.05) is 41.9 Å². The molecule has 0 saturated carbocycles. The van der Waals surface area contributed by atoms with E-state index in [2.05, 4.69) is 0 Å². The Kier molecular flexibility index (Phi) is 8.63. The standard InChI is InChI=1S/C32H26ClFN2O6S/c1-21-30(32(38)41-2)29(31(37)36(21)25-14-12-24(34)13-15-25)18-26-16-17-27(42-26)20-35(19-22-8-10-23(33)11-9-22)43(39,40)28-6-4-3-5-7-28/h3-18H,19-20H2,1-2H3/b29-18+. The molecule has 1 aliphatic heterocycles. The molecular formula is C32H26ClFN2O6S. The maximum atomic E-state index is 13.6. The summed E-state index contributed by atoms with van der Waals surface area (Å²) >= 11 is 6.02. The summed E-state index contributed by atoms with van der Waals surface area (Å²) in [6, 6.07) is 23.4. The highest BCUT2D eigenvalue weighted by molar-refractivity contribution is 7.89. The molecule has 4 aromatic rings. The van der Waals surface area contributed by atoms with Crippen LogP contribution in [-0.4, -0.2) is 31.7 Å². The zero-order valence-corrected chi connectivity index (χ0v) is 24.7. The van der Waals surface area contributed by atoms with Crippen LogP contribution >= 0.6 is 11.6 Å². The van der Waals surface area contributed by atoms with Gasteiger partial charge in [-0.05, 0) is 79.2 Å². The third kappa shape index (κ3) is 6.31. The van der Waals surface area contributed by atoms with Gasteiger partial charge in [0.05, 0.1) is 29.7 Å². The topological polar surface area (TPSA) is 97.1 Å². The number of allylic oxidation sites excluding steroid dienone is 1. The average Bonchev–Trinajstić information content (AvgIpc) is 3.55. The van der Waals surface area contributed by atoms with Crippen molar-refractivity contribution in [2.24, 2.45) is 0 Å². The molecule has 0 aliphatic carbocycles. The van der Waals surface area contributed by atoms with Gasteiger partial charge >= 0.3 is 5.97 Å². The number of esters is 1. The highest BCUT2D eigenvalue weighted by atomic mass is 35.5. The molecule has 0 atom stereocenters. The number of hydrogen-bond donors (Lipinski definition) is 0. The Balaban J connectivity index is 1.48. The number of sulfonamides is 1. The molecule has 0 saturated heterocycles. The summed E-state index contributed by atoms with van der Waals surface area (Å²) in [6.07, 6.45) is 1.40. The van der Waals surface area contributed by atoms with Crippen LogP contribution in [0.15, 0.2) is 117 Å². The molecule has 11 heteroatoms. The van der Waals surface area contributed by atoms with E-state index in [1.807, 2.05) is 0 Å². The van der Waals surface area contributed by atoms with Crippen LogP contribution in [0.5, 0.6) is 0 Å². The molecule has 220 valence electrons. The minimum Gasteiger partial charge on any atom is -0.465 e. The van der Waals surface area contributed by atoms with Crippen LogP contribution in [0.2, 0.25) is 5.02 Å². The number of halogens is 2. The van der Waals surface area contributed by atoms with E-state index in [1.54, 1.807) is 61.5 Å². The molecule has 3 aromatic carbocycles. The highest BCUT2D eigenvalue weighted by Crippen LogP contribution is 2.36. The lowest BCUT2D eigenvalue weighted by molar-refractivity contribution is -0.136. The van der Waals surface area contributed by atoms with Crippen molar-refractivity contribution in [2.45, 2.75) is 24.9 Å². The Hall–Kier alpha value is -4.51. The first-order chi connectivity index (χ1) is 20.6. The Morgan fingerprint density at radius 1 is 0.977 bits per heavy atom. The van der Waals surface area contributed by atoms with Crippen molar-refractivity contribution in [1.82, 2.24) is 4.31 Å². The van der Waals surface area contributed by atoms with Gasteiger partial charge in [-0.25, -0.2) is 17.6 Å². The lowest BCUT2D eigenvalue weighted by atomic mass is 10.1. The normalized spacial score (nSPS) is 14.7. The number of ether oxygens (including phenoxy) is 1. The number of amides is 1. The lowest BCUT2D eigenvalue weighted by Crippen LogP contribution is -2.30. The van der Waals surface area contributed by atoms with Crippen molar-refractivity contribution in [3.8, 4) is 0 Å². The van der Waals surface area contributed by atoms with Crippen molar-refractivity contribution >= 4 is 45.3 Å². The molecule has 0 unspecified atom stereocenters. The van der Waals surface area contributed by atoms with E-state index in [-0.39, 0.29) is 34.9 Å². The fourth-order valence-electron chi connectivity index (χ4n) is 4.72. The molecule has 43 heavy (non-hydrogen) atoms. The van der Waals surface area contributed by atoms with Crippen LogP contribution in [0.4, 0.5) is 10.1 Å². The molecule has 0 spiro atoms. The van der Waals surface area contributed by atoms with Crippen molar-refractivity contribution in [1.29, 1.82) is 0 Å². The molecule has 0 bridgehead atoms. The fourth-order valence-corrected chi connectivity index (χ4v) is 6.26. The van der Waals surface area contributed by atoms with Crippen LogP contribution in [0.1, 0.15) is 24.0 Å². The van der Waals surface area contributed by atoms with E-state index in [0.29, 0.717) is 22.2 Å². The van der Waals surface area contributed by atoms with Gasteiger partial charge in [0.2, 0.25) is 10.0 Å². The number of methoxy groups -OCH3 is 1. The van der Waals surface area contributed by atoms with E-state index in [1.165, 1.54) is 58.8 Å². The van der Waals surface area contributed by atoms with Crippen LogP contribution in [0.25, 0.3) is 6.08 Å². The number of carbonyl (C=O) groups is 2. The summed E-state index contributed by atoms with van der Waals surface area (Å²) < 4.78 is 53.0. The summed E-state index contributed by atoms with van der Waals surface area (Å²) in [4.78, 5) is 27.6. The van der Waals surface area contributed by atoms with E-state index < -0.39 is 27.7 Å². The summed E-state index contributed by atoms with van der Waals surface area (Å²) in [5.41, 5.74) is 1.45. The molecule has 1 amide bonds. The molecular weight excluding hydrogens is 595 g/mol. The maximum absolute atomic E-state index is 13.6. The number of benzene rings is 3. The third-order valence-electron chi connectivity index (χ3n) is 6.83. The summed E-state index contributed by atoms with van der Waals surface area (Å²) in [7, 11) is -2.73. The van der Waals surface area contributed by atoms with Crippen LogP contribution < -0.4 is 4.90 Å². The summed E-state index contributed by atoms with van der Waals surface area (Å²) in [5, 5.41) is 0.528. The highest BCUT2D eigenvalue weighted by Gasteiger charge is 2.38. The van der Waals surface area contributed by atoms with E-state index >= 15 is 0 Å². The SMILES string of the molecule is COC(=O)C1=C(C)N(c2ccc(F)cc2)C(=O)/C1=C/c1ccc(CN(Cc2ccc(Cl)cc2)S(=O)(=O)c2ccccc2)o1. The van der Waals surface area contributed by atoms with E-state index in [4.69, 9.17) is 20.8 Å². The quantitative estimate of drug-likeness (QED) is 0.160. The monoisotopic (exact) mass is 620 g/mol. The number of furan rings is 1. The van der Waals surface area contributed by atoms with Crippen molar-refractivity contribution in [2.75, 3.05) is 12.0 Å². The number of hydrogen-bond acceptors (Lipinski definition) is 6. The Labute approximate surface area is 253 Å². The maximum Gasteiger partial charge on any atom is 0.340 e. The van der Waals surface area contributed by atoms with Gasteiger partial charge < -0.3 is 9.15 Å². The molecule has 5 rings (SSSR count). The van der Waals surface area contributed by atoms with Crippen LogP contribution in [-0.2, 0) is 37.4 Å². The summed E-state index contributed by atoms with van der Waals surface area (Å²) in [5.74, 6) is -1.20. The Bertz CT molecular complexity index is 1830. The second-order valence-electron chi connectivity index (χ2n) is 9.64. The van der Waals surface area contributed by atoms with Crippen molar-refractivity contribution in [3.63, 3.8) is 0 Å². The van der Waals surface area contributed by atoms with Crippen LogP contribution in [0.3, 0.4) is 0 Å². The molecule has 8 nitrogen and oxygen atoms in total. The minimum atomic E-state index is -3.93. The first kappa shape index (κ1) is 30.0. The van der Waals surface area contributed by atoms with Gasteiger partial charge in [-0.15, -0.1) is 0 Å². The first-order valence-electron chi connectivity index (χ1n) is 13.1. The largest absolute Gasteiger partial charge is 0.465 e. The zero-order chi connectivity index (χ0) is 30.7. The van der Waals surface area contributed by atoms with Gasteiger partial charge in [0.25, 0.3) is 5.91 Å². The second kappa shape index (κ2) is 12.4. The van der Waals surface area contributed by atoms with Gasteiger partial charge in [-0.3, -0.25) is 9.69 Å². The molecule has 0 fully saturated rings. The van der Waals surface area contributed by atoms with Crippen molar-refractivity contribution < 1.29 is 31.6 Å². The minimum absolute atomic E-state index is 0.0181. The number of carbonyl (C=O) groups excluding carboxylic acids is 2. The smallest absolute Gasteiger partial charge is 0.340 e. The van der Waals surface area contributed by atoms with E-state index in [0.717, 1.165) is 5.56 Å². The number of nitrogens with zero attached hydrogens (tertiary/aromatic N) is 2. The van der Waals surface area contributed by atoms with Crippen LogP contribution in [0, 0.1) is 5.82 Å². The van der Waals surface area contributed by atoms with Gasteiger partial charge in [0.1, 0.15) is 17.3 Å². The molecule has 0 radical (unpaired) electrons. The third-order valence-corrected chi connectivity index (χ3v) is 8.89. The van der Waals surface area contributed by atoms with Gasteiger partial charge in [0, 0.05) is 23.0 Å². The molecule has 1 aliphatic rings. The predicted molar refractivity (Wildman–Crippen MR) is 160 cm³/mol. The zero-order valence-electron chi connectivity index (χ0n) is 23.2. The first-order valence-corrected chi connectivity index (χ1v) is 14.9.